The lowest BCUT2D eigenvalue weighted by Gasteiger charge is -2.31. The predicted molar refractivity (Wildman–Crippen MR) is 182 cm³/mol. The third kappa shape index (κ3) is 7.87. The van der Waals surface area contributed by atoms with Crippen molar-refractivity contribution in [3.8, 4) is 17.2 Å². The van der Waals surface area contributed by atoms with Gasteiger partial charge in [0.2, 0.25) is 5.90 Å². The van der Waals surface area contributed by atoms with E-state index in [0.29, 0.717) is 59.9 Å². The number of carbonyl (C=O) groups excluding carboxylic acids is 1. The number of rotatable bonds is 16. The molecule has 4 aromatic carbocycles. The molecule has 1 aliphatic heterocycles. The van der Waals surface area contributed by atoms with Crippen LogP contribution in [0.4, 0.5) is 5.69 Å². The Labute approximate surface area is 278 Å². The van der Waals surface area contributed by atoms with Crippen molar-refractivity contribution in [3.05, 3.63) is 130 Å². The monoisotopic (exact) mass is 650 g/mol. The highest BCUT2D eigenvalue weighted by atomic mass is 16.5. The van der Waals surface area contributed by atoms with Gasteiger partial charge in [-0.2, -0.15) is 0 Å². The molecule has 0 saturated heterocycles. The summed E-state index contributed by atoms with van der Waals surface area (Å²) in [7, 11) is 3.20. The van der Waals surface area contributed by atoms with E-state index in [-0.39, 0.29) is 18.9 Å². The van der Waals surface area contributed by atoms with E-state index in [9.17, 15) is 10.3 Å². The van der Waals surface area contributed by atoms with E-state index >= 15 is 0 Å². The van der Waals surface area contributed by atoms with Crippen LogP contribution in [0.25, 0.3) is 10.4 Å². The third-order valence-electron chi connectivity index (χ3n) is 7.94. The fourth-order valence-corrected chi connectivity index (χ4v) is 5.54. The molecule has 12 heteroatoms. The van der Waals surface area contributed by atoms with Crippen molar-refractivity contribution >= 4 is 17.5 Å². The number of aliphatic imine (C=N–C) groups is 1. The van der Waals surface area contributed by atoms with Gasteiger partial charge in [0.25, 0.3) is 5.91 Å². The van der Waals surface area contributed by atoms with Gasteiger partial charge in [-0.05, 0) is 71.1 Å². The predicted octanol–water partition coefficient (Wildman–Crippen LogP) is 5.77. The lowest BCUT2D eigenvalue weighted by molar-refractivity contribution is -0.130. The molecule has 4 aromatic rings. The molecule has 0 fully saturated rings. The van der Waals surface area contributed by atoms with E-state index in [2.05, 4.69) is 20.9 Å². The van der Waals surface area contributed by atoms with Gasteiger partial charge in [-0.1, -0.05) is 59.7 Å². The van der Waals surface area contributed by atoms with E-state index in [4.69, 9.17) is 29.0 Å². The van der Waals surface area contributed by atoms with Crippen LogP contribution in [-0.2, 0) is 22.4 Å². The Hall–Kier alpha value is -5.55. The molecule has 1 amide bonds. The number of methoxy groups -OCH3 is 2. The fraction of sp³-hybridized carbons (Fsp3) is 0.278. The second-order valence-corrected chi connectivity index (χ2v) is 11.0. The zero-order valence-electron chi connectivity index (χ0n) is 26.8. The summed E-state index contributed by atoms with van der Waals surface area (Å²) in [5.41, 5.74) is 17.0. The number of ether oxygens (including phenoxy) is 4. The van der Waals surface area contributed by atoms with Gasteiger partial charge in [0.1, 0.15) is 17.2 Å². The molecule has 0 spiro atoms. The lowest BCUT2D eigenvalue weighted by Crippen LogP contribution is -2.54. The Bertz CT molecular complexity index is 1780. The first kappa shape index (κ1) is 33.8. The summed E-state index contributed by atoms with van der Waals surface area (Å²) in [6.07, 6.45) is 0.268. The van der Waals surface area contributed by atoms with Crippen LogP contribution in [0, 0.1) is 0 Å². The summed E-state index contributed by atoms with van der Waals surface area (Å²) in [6, 6.07) is 29.3. The van der Waals surface area contributed by atoms with Crippen LogP contribution in [0.1, 0.15) is 34.8 Å². The van der Waals surface area contributed by atoms with Gasteiger partial charge in [0.15, 0.2) is 11.6 Å². The molecule has 0 saturated carbocycles. The summed E-state index contributed by atoms with van der Waals surface area (Å²) >= 11 is 0. The number of hydrazine groups is 1. The first-order chi connectivity index (χ1) is 23.5. The second-order valence-electron chi connectivity index (χ2n) is 11.0. The summed E-state index contributed by atoms with van der Waals surface area (Å²) in [5.74, 6) is 1.80. The highest BCUT2D eigenvalue weighted by molar-refractivity contribution is 6.01. The van der Waals surface area contributed by atoms with Crippen LogP contribution in [0.5, 0.6) is 17.2 Å². The normalized spacial score (nSPS) is 16.6. The Balaban J connectivity index is 1.53. The van der Waals surface area contributed by atoms with E-state index in [1.807, 2.05) is 72.8 Å². The van der Waals surface area contributed by atoms with Gasteiger partial charge in [-0.3, -0.25) is 10.2 Å². The van der Waals surface area contributed by atoms with Crippen LogP contribution >= 0.6 is 0 Å². The number of nitrogens with one attached hydrogen (secondary N) is 2. The SMILES string of the molecule is COc1cccc([C@@H]2OC(c3ccc(OCCCO)cc3)=N[C@]2(Cc2ccccc2N=[N+]=[N-])C(=O)NNCCc2ccccc2OC)c1. The molecule has 0 radical (unpaired) electrons. The van der Waals surface area contributed by atoms with Crippen molar-refractivity contribution in [2.75, 3.05) is 34.0 Å². The second kappa shape index (κ2) is 16.3. The number of hydrogen-bond acceptors (Lipinski definition) is 9. The first-order valence-corrected chi connectivity index (χ1v) is 15.5. The highest BCUT2D eigenvalue weighted by Gasteiger charge is 2.53. The Morgan fingerprint density at radius 2 is 1.75 bits per heavy atom. The number of benzene rings is 4. The molecule has 1 aliphatic rings. The van der Waals surface area contributed by atoms with Crippen molar-refractivity contribution < 1.29 is 28.8 Å². The standard InChI is InChI=1S/C36H38N6O6/c1-45-30-12-7-11-27(23-30)33-36(24-28-10-3-5-13-31(28)40-42-37,35(44)41-38-20-19-25-9-4-6-14-32(25)46-2)39-34(48-33)26-15-17-29(18-16-26)47-22-8-21-43/h3-7,9-18,23,33,38,43H,8,19-22,24H2,1-2H3,(H,41,44)/t33-,36-/m0/s1. The average Bonchev–Trinajstić information content (AvgIpc) is 3.52. The highest BCUT2D eigenvalue weighted by Crippen LogP contribution is 2.44. The maximum atomic E-state index is 14.5. The van der Waals surface area contributed by atoms with Crippen LogP contribution in [0.3, 0.4) is 0 Å². The van der Waals surface area contributed by atoms with Gasteiger partial charge < -0.3 is 24.1 Å². The van der Waals surface area contributed by atoms with E-state index in [1.165, 1.54) is 0 Å². The van der Waals surface area contributed by atoms with Gasteiger partial charge in [-0.25, -0.2) is 10.4 Å². The minimum Gasteiger partial charge on any atom is -0.497 e. The Morgan fingerprint density at radius 1 is 0.979 bits per heavy atom. The topological polar surface area (TPSA) is 159 Å². The van der Waals surface area contributed by atoms with Crippen molar-refractivity contribution in [2.45, 2.75) is 30.9 Å². The van der Waals surface area contributed by atoms with Crippen molar-refractivity contribution in [3.63, 3.8) is 0 Å². The smallest absolute Gasteiger partial charge is 0.266 e. The number of amides is 1. The first-order valence-electron chi connectivity index (χ1n) is 15.5. The zero-order chi connectivity index (χ0) is 33.8. The quantitative estimate of drug-likeness (QED) is 0.0456. The third-order valence-corrected chi connectivity index (χ3v) is 7.94. The van der Waals surface area contributed by atoms with Gasteiger partial charge in [0, 0.05) is 42.2 Å². The number of carbonyl (C=O) groups is 1. The van der Waals surface area contributed by atoms with Gasteiger partial charge in [-0.15, -0.1) is 0 Å². The molecule has 48 heavy (non-hydrogen) atoms. The zero-order valence-corrected chi connectivity index (χ0v) is 26.8. The summed E-state index contributed by atoms with van der Waals surface area (Å²) < 4.78 is 23.3. The summed E-state index contributed by atoms with van der Waals surface area (Å²) in [6.45, 7) is 0.830. The molecule has 3 N–H and O–H groups in total. The van der Waals surface area contributed by atoms with E-state index < -0.39 is 17.6 Å². The molecule has 1 heterocycles. The lowest BCUT2D eigenvalue weighted by atomic mass is 9.81. The van der Waals surface area contributed by atoms with Gasteiger partial charge >= 0.3 is 0 Å². The van der Waals surface area contributed by atoms with Crippen molar-refractivity contribution in [1.29, 1.82) is 0 Å². The molecule has 0 aromatic heterocycles. The molecule has 248 valence electrons. The maximum absolute atomic E-state index is 14.5. The largest absolute Gasteiger partial charge is 0.497 e. The average molecular weight is 651 g/mol. The molecular formula is C36H38N6O6. The van der Waals surface area contributed by atoms with Crippen LogP contribution in [-0.4, -0.2) is 56.4 Å². The number of para-hydroxylation sites is 1. The number of azide groups is 1. The number of aliphatic hydroxyl groups is 1. The van der Waals surface area contributed by atoms with Crippen LogP contribution in [0.15, 0.2) is 107 Å². The Morgan fingerprint density at radius 3 is 2.50 bits per heavy atom. The van der Waals surface area contributed by atoms with Crippen LogP contribution < -0.4 is 25.1 Å². The van der Waals surface area contributed by atoms with Crippen molar-refractivity contribution in [2.24, 2.45) is 10.1 Å². The Kier molecular flexibility index (Phi) is 11.5. The fourth-order valence-electron chi connectivity index (χ4n) is 5.54. The minimum atomic E-state index is -1.55. The van der Waals surface area contributed by atoms with Gasteiger partial charge in [0.05, 0.1) is 20.8 Å². The molecule has 5 rings (SSSR count). The number of hydrogen-bond donors (Lipinski definition) is 3. The van der Waals surface area contributed by atoms with E-state index in [1.54, 1.807) is 38.5 Å². The summed E-state index contributed by atoms with van der Waals surface area (Å²) in [5, 5.41) is 13.0. The van der Waals surface area contributed by atoms with Crippen LogP contribution in [0.2, 0.25) is 0 Å². The van der Waals surface area contributed by atoms with Crippen molar-refractivity contribution in [1.82, 2.24) is 10.9 Å². The molecular weight excluding hydrogens is 612 g/mol. The molecule has 2 atom stereocenters. The molecule has 0 bridgehead atoms. The minimum absolute atomic E-state index is 0.0383. The molecule has 12 nitrogen and oxygen atoms in total. The molecule has 0 aliphatic carbocycles. The van der Waals surface area contributed by atoms with E-state index in [0.717, 1.165) is 11.3 Å². The maximum Gasteiger partial charge on any atom is 0.266 e. The molecule has 0 unspecified atom stereocenters. The summed E-state index contributed by atoms with van der Waals surface area (Å²) in [4.78, 5) is 22.6. The number of nitrogens with zero attached hydrogens (tertiary/aromatic N) is 4. The number of aliphatic hydroxyl groups excluding tert-OH is 1.